The number of hydrogen-bond donors (Lipinski definition) is 1. The Morgan fingerprint density at radius 1 is 0.789 bits per heavy atom. The molecule has 0 atom stereocenters. The van der Waals surface area contributed by atoms with Gasteiger partial charge in [0.15, 0.2) is 5.58 Å². The molecule has 0 aliphatic heterocycles. The molecule has 0 unspecified atom stereocenters. The van der Waals surface area contributed by atoms with E-state index in [9.17, 15) is 9.59 Å². The predicted octanol–water partition coefficient (Wildman–Crippen LogP) is 7.64. The van der Waals surface area contributed by atoms with Crippen LogP contribution >= 0.6 is 0 Å². The number of rotatable bonds is 5. The Morgan fingerprint density at radius 3 is 2.29 bits per heavy atom. The van der Waals surface area contributed by atoms with E-state index in [0.29, 0.717) is 39.8 Å². The maximum absolute atomic E-state index is 12.8. The highest BCUT2D eigenvalue weighted by Crippen LogP contribution is 2.28. The number of aromatic nitrogens is 1. The summed E-state index contributed by atoms with van der Waals surface area (Å²) >= 11 is 0. The summed E-state index contributed by atoms with van der Waals surface area (Å²) in [7, 11) is 0. The highest BCUT2D eigenvalue weighted by Gasteiger charge is 2.13. The summed E-state index contributed by atoms with van der Waals surface area (Å²) in [5.41, 5.74) is 5.99. The van der Waals surface area contributed by atoms with Crippen LogP contribution in [0.4, 0.5) is 5.69 Å². The van der Waals surface area contributed by atoms with Crippen molar-refractivity contribution in [3.05, 3.63) is 119 Å². The molecule has 0 spiro atoms. The summed E-state index contributed by atoms with van der Waals surface area (Å²) in [5, 5.41) is 3.75. The van der Waals surface area contributed by atoms with Crippen LogP contribution in [0.15, 0.2) is 111 Å². The van der Waals surface area contributed by atoms with Crippen LogP contribution in [0.1, 0.15) is 35.7 Å². The Morgan fingerprint density at radius 2 is 1.53 bits per heavy atom. The maximum atomic E-state index is 12.8. The van der Waals surface area contributed by atoms with Crippen molar-refractivity contribution in [3.8, 4) is 22.6 Å². The quantitative estimate of drug-likeness (QED) is 0.246. The molecular formula is C32H24N2O4. The average molecular weight is 501 g/mol. The first-order chi connectivity index (χ1) is 18.4. The Kier molecular flexibility index (Phi) is 5.85. The topological polar surface area (TPSA) is 85.3 Å². The van der Waals surface area contributed by atoms with Gasteiger partial charge in [0.1, 0.15) is 11.1 Å². The Labute approximate surface area is 218 Å². The number of anilines is 1. The summed E-state index contributed by atoms with van der Waals surface area (Å²) in [6.07, 6.45) is 0. The van der Waals surface area contributed by atoms with Gasteiger partial charge in [-0.15, -0.1) is 0 Å². The number of oxazole rings is 1. The number of benzene rings is 4. The lowest BCUT2D eigenvalue weighted by atomic mass is 10.0. The summed E-state index contributed by atoms with van der Waals surface area (Å²) in [5.74, 6) is 0.697. The second-order valence-electron chi connectivity index (χ2n) is 9.50. The van der Waals surface area contributed by atoms with E-state index in [4.69, 9.17) is 8.83 Å². The second-order valence-corrected chi connectivity index (χ2v) is 9.50. The molecular weight excluding hydrogens is 476 g/mol. The van der Waals surface area contributed by atoms with Gasteiger partial charge in [-0.2, -0.15) is 0 Å². The van der Waals surface area contributed by atoms with E-state index >= 15 is 0 Å². The first kappa shape index (κ1) is 23.4. The van der Waals surface area contributed by atoms with E-state index in [1.807, 2.05) is 48.5 Å². The molecule has 4 aromatic carbocycles. The zero-order valence-electron chi connectivity index (χ0n) is 20.9. The van der Waals surface area contributed by atoms with Crippen LogP contribution in [0.5, 0.6) is 0 Å². The van der Waals surface area contributed by atoms with E-state index in [2.05, 4.69) is 36.3 Å². The molecule has 6 rings (SSSR count). The number of fused-ring (bicyclic) bond motifs is 2. The monoisotopic (exact) mass is 500 g/mol. The van der Waals surface area contributed by atoms with Crippen molar-refractivity contribution in [2.45, 2.75) is 19.8 Å². The summed E-state index contributed by atoms with van der Waals surface area (Å²) < 4.78 is 11.4. The van der Waals surface area contributed by atoms with Gasteiger partial charge in [-0.25, -0.2) is 9.78 Å². The Bertz CT molecular complexity index is 1850. The van der Waals surface area contributed by atoms with Gasteiger partial charge in [-0.1, -0.05) is 50.2 Å². The number of amides is 1. The van der Waals surface area contributed by atoms with Gasteiger partial charge < -0.3 is 14.2 Å². The lowest BCUT2D eigenvalue weighted by molar-refractivity contribution is 0.102. The van der Waals surface area contributed by atoms with Crippen molar-refractivity contribution < 1.29 is 13.6 Å². The minimum Gasteiger partial charge on any atom is -0.436 e. The van der Waals surface area contributed by atoms with E-state index in [1.54, 1.807) is 36.4 Å². The van der Waals surface area contributed by atoms with Crippen LogP contribution in [0.25, 0.3) is 44.7 Å². The molecule has 2 aromatic heterocycles. The van der Waals surface area contributed by atoms with E-state index in [0.717, 1.165) is 22.0 Å². The number of carbonyl (C=O) groups excluding carboxylic acids is 1. The highest BCUT2D eigenvalue weighted by molar-refractivity contribution is 6.04. The summed E-state index contributed by atoms with van der Waals surface area (Å²) in [6, 6.07) is 29.5. The zero-order chi connectivity index (χ0) is 26.2. The van der Waals surface area contributed by atoms with E-state index < -0.39 is 5.63 Å². The lowest BCUT2D eigenvalue weighted by Gasteiger charge is -2.07. The Balaban J connectivity index is 1.17. The molecule has 0 fully saturated rings. The molecule has 1 amide bonds. The van der Waals surface area contributed by atoms with Crippen molar-refractivity contribution in [1.82, 2.24) is 4.98 Å². The van der Waals surface area contributed by atoms with Crippen LogP contribution in [0.2, 0.25) is 0 Å². The van der Waals surface area contributed by atoms with Crippen LogP contribution in [-0.2, 0) is 0 Å². The maximum Gasteiger partial charge on any atom is 0.344 e. The summed E-state index contributed by atoms with van der Waals surface area (Å²) in [6.45, 7) is 4.29. The van der Waals surface area contributed by atoms with Crippen LogP contribution in [0, 0.1) is 0 Å². The predicted molar refractivity (Wildman–Crippen MR) is 149 cm³/mol. The molecule has 38 heavy (non-hydrogen) atoms. The number of nitrogens with zero attached hydrogens (tertiary/aromatic N) is 1. The Hall–Kier alpha value is -4.97. The van der Waals surface area contributed by atoms with E-state index in [-0.39, 0.29) is 5.91 Å². The molecule has 0 aliphatic rings. The molecule has 0 saturated heterocycles. The molecule has 6 heteroatoms. The van der Waals surface area contributed by atoms with Gasteiger partial charge in [0, 0.05) is 22.2 Å². The number of para-hydroxylation sites is 1. The number of nitrogens with one attached hydrogen (secondary N) is 1. The van der Waals surface area contributed by atoms with Crippen LogP contribution < -0.4 is 10.9 Å². The van der Waals surface area contributed by atoms with Gasteiger partial charge in [-0.05, 0) is 77.7 Å². The van der Waals surface area contributed by atoms with Crippen molar-refractivity contribution in [3.63, 3.8) is 0 Å². The fourth-order valence-corrected chi connectivity index (χ4v) is 4.39. The third-order valence-electron chi connectivity index (χ3n) is 6.57. The molecule has 0 aliphatic carbocycles. The normalized spacial score (nSPS) is 11.3. The molecule has 0 bridgehead atoms. The average Bonchev–Trinajstić information content (AvgIpc) is 3.37. The first-order valence-corrected chi connectivity index (χ1v) is 12.4. The van der Waals surface area contributed by atoms with Gasteiger partial charge >= 0.3 is 5.63 Å². The van der Waals surface area contributed by atoms with Crippen molar-refractivity contribution in [2.24, 2.45) is 0 Å². The SMILES string of the molecule is CC(C)c1ccc2oc(-c3ccc(NC(=O)c4ccc(-c5cc6ccccc6oc5=O)cc4)cc3)nc2c1. The number of hydrogen-bond acceptors (Lipinski definition) is 5. The highest BCUT2D eigenvalue weighted by atomic mass is 16.4. The van der Waals surface area contributed by atoms with Crippen molar-refractivity contribution in [1.29, 1.82) is 0 Å². The fourth-order valence-electron chi connectivity index (χ4n) is 4.39. The van der Waals surface area contributed by atoms with Crippen molar-refractivity contribution in [2.75, 3.05) is 5.32 Å². The molecule has 2 heterocycles. The largest absolute Gasteiger partial charge is 0.436 e. The first-order valence-electron chi connectivity index (χ1n) is 12.4. The van der Waals surface area contributed by atoms with E-state index in [1.165, 1.54) is 5.56 Å². The third kappa shape index (κ3) is 4.48. The molecule has 6 aromatic rings. The fraction of sp³-hybridized carbons (Fsp3) is 0.0938. The molecule has 1 N–H and O–H groups in total. The third-order valence-corrected chi connectivity index (χ3v) is 6.57. The number of carbonyl (C=O) groups is 1. The van der Waals surface area contributed by atoms with Gasteiger partial charge in [0.2, 0.25) is 5.89 Å². The molecule has 186 valence electrons. The molecule has 6 nitrogen and oxygen atoms in total. The molecule has 0 saturated carbocycles. The smallest absolute Gasteiger partial charge is 0.344 e. The summed E-state index contributed by atoms with van der Waals surface area (Å²) in [4.78, 5) is 29.9. The van der Waals surface area contributed by atoms with Crippen molar-refractivity contribution >= 4 is 33.7 Å². The minimum absolute atomic E-state index is 0.252. The minimum atomic E-state index is -0.416. The van der Waals surface area contributed by atoms with Gasteiger partial charge in [0.05, 0.1) is 5.56 Å². The van der Waals surface area contributed by atoms with Gasteiger partial charge in [0.25, 0.3) is 5.91 Å². The van der Waals surface area contributed by atoms with Crippen LogP contribution in [-0.4, -0.2) is 10.9 Å². The standard InChI is InChI=1S/C32H24N2O4/c1-19(2)23-13-16-29-27(18-23)34-31(37-29)22-11-14-25(15-12-22)33-30(35)21-9-7-20(8-10-21)26-17-24-5-3-4-6-28(24)38-32(26)36/h3-19H,1-2H3,(H,33,35). The van der Waals surface area contributed by atoms with Gasteiger partial charge in [-0.3, -0.25) is 4.79 Å². The van der Waals surface area contributed by atoms with Crippen LogP contribution in [0.3, 0.4) is 0 Å². The zero-order valence-corrected chi connectivity index (χ0v) is 20.9. The second kappa shape index (κ2) is 9.48. The molecule has 0 radical (unpaired) electrons. The lowest BCUT2D eigenvalue weighted by Crippen LogP contribution is -2.11.